The summed E-state index contributed by atoms with van der Waals surface area (Å²) in [5.74, 6) is 0.628. The van der Waals surface area contributed by atoms with Crippen LogP contribution in [0, 0.1) is 0 Å². The summed E-state index contributed by atoms with van der Waals surface area (Å²) in [5, 5.41) is 0.591. The first-order valence-electron chi connectivity index (χ1n) is 4.84. The van der Waals surface area contributed by atoms with Gasteiger partial charge in [0.05, 0.1) is 5.69 Å². The van der Waals surface area contributed by atoms with Gasteiger partial charge in [-0.05, 0) is 12.1 Å². The minimum Gasteiger partial charge on any atom is -0.383 e. The number of nitrogens with zero attached hydrogens (tertiary/aromatic N) is 2. The second kappa shape index (κ2) is 3.14. The van der Waals surface area contributed by atoms with Gasteiger partial charge in [0.1, 0.15) is 16.6 Å². The number of hydrogen-bond donors (Lipinski definition) is 1. The Morgan fingerprint density at radius 1 is 1.33 bits per heavy atom. The summed E-state index contributed by atoms with van der Waals surface area (Å²) in [6.45, 7) is 6.25. The third-order valence-corrected chi connectivity index (χ3v) is 2.64. The van der Waals surface area contributed by atoms with E-state index in [2.05, 4.69) is 25.8 Å². The number of fused-ring (bicyclic) bond motifs is 1. The highest BCUT2D eigenvalue weighted by Crippen LogP contribution is 2.29. The molecule has 0 radical (unpaired) electrons. The number of nitrogen functional groups attached to an aromatic ring is 1. The molecule has 3 nitrogen and oxygen atoms in total. The van der Waals surface area contributed by atoms with Crippen LogP contribution in [0.1, 0.15) is 26.5 Å². The first-order valence-corrected chi connectivity index (χ1v) is 5.22. The van der Waals surface area contributed by atoms with Crippen molar-refractivity contribution in [3.05, 3.63) is 29.0 Å². The SMILES string of the molecule is CC(C)(C)c1nc2cccc(Cl)n2c1N. The Bertz CT molecular complexity index is 508. The van der Waals surface area contributed by atoms with Gasteiger partial charge in [-0.3, -0.25) is 4.40 Å². The molecule has 0 saturated heterocycles. The van der Waals surface area contributed by atoms with Crippen LogP contribution in [0.5, 0.6) is 0 Å². The van der Waals surface area contributed by atoms with Gasteiger partial charge in [0.2, 0.25) is 0 Å². The molecule has 2 heterocycles. The predicted octanol–water partition coefficient (Wildman–Crippen LogP) is 2.87. The van der Waals surface area contributed by atoms with Crippen molar-refractivity contribution in [2.24, 2.45) is 0 Å². The zero-order valence-electron chi connectivity index (χ0n) is 9.08. The summed E-state index contributed by atoms with van der Waals surface area (Å²) in [4.78, 5) is 4.50. The van der Waals surface area contributed by atoms with E-state index >= 15 is 0 Å². The zero-order valence-corrected chi connectivity index (χ0v) is 9.84. The molecule has 0 atom stereocenters. The summed E-state index contributed by atoms with van der Waals surface area (Å²) in [6.07, 6.45) is 0. The predicted molar refractivity (Wildman–Crippen MR) is 63.3 cm³/mol. The molecule has 0 amide bonds. The number of imidazole rings is 1. The van der Waals surface area contributed by atoms with Crippen LogP contribution in [0.4, 0.5) is 5.82 Å². The van der Waals surface area contributed by atoms with Gasteiger partial charge in [-0.2, -0.15) is 0 Å². The number of halogens is 1. The number of pyridine rings is 1. The molecule has 2 aromatic heterocycles. The molecule has 0 aliphatic rings. The van der Waals surface area contributed by atoms with Crippen molar-refractivity contribution in [3.8, 4) is 0 Å². The molecule has 0 unspecified atom stereocenters. The number of anilines is 1. The highest BCUT2D eigenvalue weighted by molar-refractivity contribution is 6.29. The molecule has 15 heavy (non-hydrogen) atoms. The molecule has 0 spiro atoms. The van der Waals surface area contributed by atoms with E-state index in [0.29, 0.717) is 11.0 Å². The molecule has 0 aromatic carbocycles. The van der Waals surface area contributed by atoms with Crippen LogP contribution in [-0.2, 0) is 5.41 Å². The van der Waals surface area contributed by atoms with Gasteiger partial charge >= 0.3 is 0 Å². The van der Waals surface area contributed by atoms with E-state index in [1.807, 2.05) is 12.1 Å². The third-order valence-electron chi connectivity index (χ3n) is 2.34. The summed E-state index contributed by atoms with van der Waals surface area (Å²) < 4.78 is 1.77. The van der Waals surface area contributed by atoms with Crippen LogP contribution < -0.4 is 5.73 Å². The largest absolute Gasteiger partial charge is 0.383 e. The molecule has 0 aliphatic heterocycles. The quantitative estimate of drug-likeness (QED) is 0.698. The first kappa shape index (κ1) is 10.3. The molecule has 0 aliphatic carbocycles. The fourth-order valence-corrected chi connectivity index (χ4v) is 1.88. The Morgan fingerprint density at radius 2 is 2.00 bits per heavy atom. The smallest absolute Gasteiger partial charge is 0.139 e. The minimum absolute atomic E-state index is 0.0700. The first-order chi connectivity index (χ1) is 6.91. The summed E-state index contributed by atoms with van der Waals surface area (Å²) in [7, 11) is 0. The van der Waals surface area contributed by atoms with Gasteiger partial charge in [0, 0.05) is 5.41 Å². The van der Waals surface area contributed by atoms with Gasteiger partial charge in [-0.25, -0.2) is 4.98 Å². The van der Waals surface area contributed by atoms with Gasteiger partial charge in [-0.15, -0.1) is 0 Å². The van der Waals surface area contributed by atoms with E-state index in [1.54, 1.807) is 10.5 Å². The second-order valence-electron chi connectivity index (χ2n) is 4.64. The maximum Gasteiger partial charge on any atom is 0.139 e. The summed E-state index contributed by atoms with van der Waals surface area (Å²) >= 11 is 6.07. The zero-order chi connectivity index (χ0) is 11.2. The minimum atomic E-state index is -0.0700. The lowest BCUT2D eigenvalue weighted by Crippen LogP contribution is -2.14. The van der Waals surface area contributed by atoms with Crippen LogP contribution in [-0.4, -0.2) is 9.38 Å². The molecular weight excluding hydrogens is 210 g/mol. The molecule has 2 N–H and O–H groups in total. The van der Waals surface area contributed by atoms with E-state index in [-0.39, 0.29) is 5.41 Å². The highest BCUT2D eigenvalue weighted by atomic mass is 35.5. The number of hydrogen-bond acceptors (Lipinski definition) is 2. The maximum atomic E-state index is 6.07. The van der Waals surface area contributed by atoms with Crippen LogP contribution >= 0.6 is 11.6 Å². The standard InChI is InChI=1S/C11H14ClN3/c1-11(2,3)9-10(13)15-7(12)5-4-6-8(15)14-9/h4-6H,13H2,1-3H3. The van der Waals surface area contributed by atoms with Gasteiger partial charge in [0.15, 0.2) is 0 Å². The number of rotatable bonds is 0. The van der Waals surface area contributed by atoms with Gasteiger partial charge in [0.25, 0.3) is 0 Å². The molecular formula is C11H14ClN3. The van der Waals surface area contributed by atoms with Crippen molar-refractivity contribution in [2.75, 3.05) is 5.73 Å². The van der Waals surface area contributed by atoms with Crippen LogP contribution in [0.3, 0.4) is 0 Å². The van der Waals surface area contributed by atoms with Gasteiger partial charge < -0.3 is 5.73 Å². The lowest BCUT2D eigenvalue weighted by atomic mass is 9.92. The molecule has 0 bridgehead atoms. The number of aromatic nitrogens is 2. The Labute approximate surface area is 93.9 Å². The van der Waals surface area contributed by atoms with Crippen molar-refractivity contribution in [2.45, 2.75) is 26.2 Å². The molecule has 0 saturated carbocycles. The Hall–Kier alpha value is -1.22. The molecule has 80 valence electrons. The van der Waals surface area contributed by atoms with E-state index in [1.165, 1.54) is 0 Å². The normalized spacial score (nSPS) is 12.3. The van der Waals surface area contributed by atoms with E-state index in [4.69, 9.17) is 17.3 Å². The Balaban J connectivity index is 2.82. The lowest BCUT2D eigenvalue weighted by Gasteiger charge is -2.15. The van der Waals surface area contributed by atoms with Crippen LogP contribution in [0.15, 0.2) is 18.2 Å². The topological polar surface area (TPSA) is 43.3 Å². The molecule has 2 rings (SSSR count). The van der Waals surface area contributed by atoms with Crippen molar-refractivity contribution < 1.29 is 0 Å². The van der Waals surface area contributed by atoms with E-state index in [9.17, 15) is 0 Å². The average Bonchev–Trinajstić information content (AvgIpc) is 2.44. The van der Waals surface area contributed by atoms with Crippen molar-refractivity contribution in [3.63, 3.8) is 0 Å². The summed E-state index contributed by atoms with van der Waals surface area (Å²) in [6, 6.07) is 5.58. The van der Waals surface area contributed by atoms with Crippen molar-refractivity contribution in [1.82, 2.24) is 9.38 Å². The lowest BCUT2D eigenvalue weighted by molar-refractivity contribution is 0.576. The second-order valence-corrected chi connectivity index (χ2v) is 5.03. The van der Waals surface area contributed by atoms with Crippen molar-refractivity contribution in [1.29, 1.82) is 0 Å². The number of nitrogens with two attached hydrogens (primary N) is 1. The van der Waals surface area contributed by atoms with Crippen LogP contribution in [0.25, 0.3) is 5.65 Å². The fourth-order valence-electron chi connectivity index (χ4n) is 1.63. The molecule has 4 heteroatoms. The Morgan fingerprint density at radius 3 is 2.53 bits per heavy atom. The van der Waals surface area contributed by atoms with Crippen molar-refractivity contribution >= 4 is 23.1 Å². The Kier molecular flexibility index (Phi) is 2.15. The van der Waals surface area contributed by atoms with Gasteiger partial charge in [-0.1, -0.05) is 38.4 Å². The fraction of sp³-hybridized carbons (Fsp3) is 0.364. The molecule has 0 fully saturated rings. The maximum absolute atomic E-state index is 6.07. The molecule has 2 aromatic rings. The van der Waals surface area contributed by atoms with E-state index < -0.39 is 0 Å². The highest BCUT2D eigenvalue weighted by Gasteiger charge is 2.22. The third kappa shape index (κ3) is 1.57. The average molecular weight is 224 g/mol. The van der Waals surface area contributed by atoms with E-state index in [0.717, 1.165) is 11.3 Å². The van der Waals surface area contributed by atoms with Crippen LogP contribution in [0.2, 0.25) is 5.15 Å². The monoisotopic (exact) mass is 223 g/mol. The summed E-state index contributed by atoms with van der Waals surface area (Å²) in [5.41, 5.74) is 7.65.